The number of ether oxygens (including phenoxy) is 3. The molecular formula is C29H28N2O6. The number of carbonyl (C=O) groups excluding carboxylic acids is 3. The van der Waals surface area contributed by atoms with E-state index < -0.39 is 18.0 Å². The van der Waals surface area contributed by atoms with Crippen LogP contribution in [0.15, 0.2) is 84.6 Å². The van der Waals surface area contributed by atoms with Gasteiger partial charge in [0.2, 0.25) is 0 Å². The fourth-order valence-electron chi connectivity index (χ4n) is 4.10. The van der Waals surface area contributed by atoms with Crippen molar-refractivity contribution < 1.29 is 28.6 Å². The molecule has 1 aliphatic heterocycles. The van der Waals surface area contributed by atoms with Crippen LogP contribution in [0.4, 0.5) is 11.4 Å². The molecule has 190 valence electrons. The summed E-state index contributed by atoms with van der Waals surface area (Å²) in [5, 5.41) is 3.17. The maximum absolute atomic E-state index is 13.7. The summed E-state index contributed by atoms with van der Waals surface area (Å²) in [6.45, 7) is 4.07. The average molecular weight is 501 g/mol. The molecule has 0 aromatic heterocycles. The second-order valence-electron chi connectivity index (χ2n) is 8.13. The molecule has 0 saturated carbocycles. The van der Waals surface area contributed by atoms with Gasteiger partial charge in [0, 0.05) is 16.9 Å². The zero-order chi connectivity index (χ0) is 26.4. The van der Waals surface area contributed by atoms with Crippen molar-refractivity contribution in [3.8, 4) is 5.75 Å². The predicted octanol–water partition coefficient (Wildman–Crippen LogP) is 5.13. The molecule has 8 nitrogen and oxygen atoms in total. The molecule has 0 aliphatic carbocycles. The van der Waals surface area contributed by atoms with Gasteiger partial charge in [0.05, 0.1) is 37.5 Å². The topological polar surface area (TPSA) is 94.2 Å². The number of para-hydroxylation sites is 1. The van der Waals surface area contributed by atoms with E-state index in [1.807, 2.05) is 30.3 Å². The van der Waals surface area contributed by atoms with Crippen LogP contribution < -0.4 is 15.0 Å². The lowest BCUT2D eigenvalue weighted by molar-refractivity contribution is -0.114. The normalized spacial score (nSPS) is 14.7. The Hall–Kier alpha value is -4.59. The van der Waals surface area contributed by atoms with Gasteiger partial charge in [-0.1, -0.05) is 18.2 Å². The number of hydrogen-bond acceptors (Lipinski definition) is 7. The Kier molecular flexibility index (Phi) is 7.88. The van der Waals surface area contributed by atoms with Gasteiger partial charge in [-0.05, 0) is 74.5 Å². The number of carbonyl (C=O) groups is 3. The lowest BCUT2D eigenvalue weighted by Crippen LogP contribution is -2.31. The van der Waals surface area contributed by atoms with Gasteiger partial charge in [0.1, 0.15) is 11.4 Å². The van der Waals surface area contributed by atoms with Crippen molar-refractivity contribution in [1.82, 2.24) is 0 Å². The van der Waals surface area contributed by atoms with Gasteiger partial charge in [-0.15, -0.1) is 0 Å². The lowest BCUT2D eigenvalue weighted by atomic mass is 10.0. The third-order valence-corrected chi connectivity index (χ3v) is 5.84. The molecule has 1 amide bonds. The number of benzene rings is 3. The molecule has 0 bridgehead atoms. The highest BCUT2D eigenvalue weighted by atomic mass is 16.5. The van der Waals surface area contributed by atoms with Crippen LogP contribution in [0.3, 0.4) is 0 Å². The highest BCUT2D eigenvalue weighted by Crippen LogP contribution is 2.39. The van der Waals surface area contributed by atoms with Crippen molar-refractivity contribution in [3.05, 3.63) is 101 Å². The minimum atomic E-state index is -0.460. The smallest absolute Gasteiger partial charge is 0.338 e. The van der Waals surface area contributed by atoms with E-state index in [9.17, 15) is 14.4 Å². The number of anilines is 2. The summed E-state index contributed by atoms with van der Waals surface area (Å²) in [7, 11) is 1.59. The zero-order valence-corrected chi connectivity index (χ0v) is 20.9. The van der Waals surface area contributed by atoms with Gasteiger partial charge < -0.3 is 19.5 Å². The Balaban J connectivity index is 1.66. The Morgan fingerprint density at radius 2 is 1.41 bits per heavy atom. The first kappa shape index (κ1) is 25.5. The SMILES string of the molecule is CCOC(=O)c1ccc(NC2=CC(c3ccccc3OC)N(c3ccc(C(=O)OCC)cc3)C2=O)cc1. The molecule has 1 unspecified atom stereocenters. The molecule has 3 aromatic rings. The van der Waals surface area contributed by atoms with Gasteiger partial charge in [0.15, 0.2) is 0 Å². The third kappa shape index (κ3) is 5.48. The molecule has 4 rings (SSSR count). The number of amides is 1. The third-order valence-electron chi connectivity index (χ3n) is 5.84. The summed E-state index contributed by atoms with van der Waals surface area (Å²) in [6, 6.07) is 20.5. The number of nitrogens with zero attached hydrogens (tertiary/aromatic N) is 1. The molecule has 3 aromatic carbocycles. The molecule has 0 saturated heterocycles. The van der Waals surface area contributed by atoms with Crippen molar-refractivity contribution in [2.75, 3.05) is 30.5 Å². The summed E-state index contributed by atoms with van der Waals surface area (Å²) < 4.78 is 15.7. The van der Waals surface area contributed by atoms with E-state index in [0.29, 0.717) is 40.6 Å². The number of methoxy groups -OCH3 is 1. The number of rotatable bonds is 9. The molecule has 37 heavy (non-hydrogen) atoms. The molecular weight excluding hydrogens is 472 g/mol. The Morgan fingerprint density at radius 3 is 1.97 bits per heavy atom. The second kappa shape index (κ2) is 11.4. The van der Waals surface area contributed by atoms with E-state index in [-0.39, 0.29) is 12.5 Å². The van der Waals surface area contributed by atoms with Gasteiger partial charge in [-0.3, -0.25) is 9.69 Å². The zero-order valence-electron chi connectivity index (χ0n) is 20.9. The van der Waals surface area contributed by atoms with Gasteiger partial charge >= 0.3 is 11.9 Å². The van der Waals surface area contributed by atoms with E-state index in [1.165, 1.54) is 0 Å². The van der Waals surface area contributed by atoms with Crippen LogP contribution in [0.2, 0.25) is 0 Å². The van der Waals surface area contributed by atoms with Crippen LogP contribution in [-0.2, 0) is 14.3 Å². The van der Waals surface area contributed by atoms with E-state index >= 15 is 0 Å². The summed E-state index contributed by atoms with van der Waals surface area (Å²) in [5.74, 6) is -0.437. The van der Waals surface area contributed by atoms with Crippen LogP contribution in [0, 0.1) is 0 Å². The molecule has 0 fully saturated rings. The standard InChI is InChI=1S/C29H28N2O6/c1-4-36-28(33)19-10-14-21(15-11-19)30-24-18-25(23-8-6-7-9-26(23)35-3)31(27(24)32)22-16-12-20(13-17-22)29(34)37-5-2/h6-18,25,30H,4-5H2,1-3H3. The van der Waals surface area contributed by atoms with Crippen molar-refractivity contribution in [2.24, 2.45) is 0 Å². The van der Waals surface area contributed by atoms with Gasteiger partial charge in [-0.2, -0.15) is 0 Å². The van der Waals surface area contributed by atoms with Gasteiger partial charge in [0.25, 0.3) is 5.91 Å². The van der Waals surface area contributed by atoms with E-state index in [2.05, 4.69) is 5.32 Å². The predicted molar refractivity (Wildman–Crippen MR) is 140 cm³/mol. The van der Waals surface area contributed by atoms with Crippen molar-refractivity contribution in [2.45, 2.75) is 19.9 Å². The van der Waals surface area contributed by atoms with Crippen LogP contribution in [-0.4, -0.2) is 38.2 Å². The summed E-state index contributed by atoms with van der Waals surface area (Å²) >= 11 is 0. The Labute approximate surface area is 215 Å². The molecule has 1 aliphatic rings. The largest absolute Gasteiger partial charge is 0.496 e. The summed E-state index contributed by atoms with van der Waals surface area (Å²) in [5.41, 5.74) is 3.26. The van der Waals surface area contributed by atoms with Gasteiger partial charge in [-0.25, -0.2) is 9.59 Å². The summed E-state index contributed by atoms with van der Waals surface area (Å²) in [6.07, 6.45) is 1.83. The number of nitrogens with one attached hydrogen (secondary N) is 1. The first-order chi connectivity index (χ1) is 18.0. The molecule has 1 N–H and O–H groups in total. The van der Waals surface area contributed by atoms with E-state index in [0.717, 1.165) is 5.56 Å². The van der Waals surface area contributed by atoms with E-state index in [1.54, 1.807) is 74.4 Å². The lowest BCUT2D eigenvalue weighted by Gasteiger charge is -2.26. The second-order valence-corrected chi connectivity index (χ2v) is 8.13. The minimum Gasteiger partial charge on any atom is -0.496 e. The molecule has 0 spiro atoms. The van der Waals surface area contributed by atoms with Crippen LogP contribution in [0.1, 0.15) is 46.2 Å². The van der Waals surface area contributed by atoms with Crippen molar-refractivity contribution >= 4 is 29.2 Å². The number of hydrogen-bond donors (Lipinski definition) is 1. The quantitative estimate of drug-likeness (QED) is 0.407. The van der Waals surface area contributed by atoms with Crippen molar-refractivity contribution in [1.29, 1.82) is 0 Å². The molecule has 0 radical (unpaired) electrons. The minimum absolute atomic E-state index is 0.255. The highest BCUT2D eigenvalue weighted by molar-refractivity contribution is 6.11. The van der Waals surface area contributed by atoms with Crippen LogP contribution in [0.5, 0.6) is 5.75 Å². The molecule has 8 heteroatoms. The summed E-state index contributed by atoms with van der Waals surface area (Å²) in [4.78, 5) is 39.4. The van der Waals surface area contributed by atoms with E-state index in [4.69, 9.17) is 14.2 Å². The Morgan fingerprint density at radius 1 is 0.838 bits per heavy atom. The molecule has 1 heterocycles. The fourth-order valence-corrected chi connectivity index (χ4v) is 4.10. The highest BCUT2D eigenvalue weighted by Gasteiger charge is 2.36. The Bertz CT molecular complexity index is 1310. The first-order valence-corrected chi connectivity index (χ1v) is 12.0. The number of esters is 2. The first-order valence-electron chi connectivity index (χ1n) is 12.0. The van der Waals surface area contributed by atoms with Crippen molar-refractivity contribution in [3.63, 3.8) is 0 Å². The molecule has 1 atom stereocenters. The maximum Gasteiger partial charge on any atom is 0.338 e. The maximum atomic E-state index is 13.7. The van der Waals surface area contributed by atoms with Crippen LogP contribution >= 0.6 is 0 Å². The fraction of sp³-hybridized carbons (Fsp3) is 0.207. The average Bonchev–Trinajstić information content (AvgIpc) is 3.24. The van der Waals surface area contributed by atoms with Crippen LogP contribution in [0.25, 0.3) is 0 Å². The monoisotopic (exact) mass is 500 g/mol.